The number of amidine groups is 1. The minimum atomic E-state index is -0.111. The van der Waals surface area contributed by atoms with Crippen molar-refractivity contribution < 1.29 is 4.79 Å². The van der Waals surface area contributed by atoms with E-state index in [1.54, 1.807) is 19.2 Å². The fourth-order valence-corrected chi connectivity index (χ4v) is 2.15. The van der Waals surface area contributed by atoms with Crippen molar-refractivity contribution >= 4 is 40.5 Å². The average molecular weight is 253 g/mol. The minimum absolute atomic E-state index is 0.111. The summed E-state index contributed by atoms with van der Waals surface area (Å²) in [5.74, 6) is -0.111. The molecule has 1 aromatic carbocycles. The van der Waals surface area contributed by atoms with Gasteiger partial charge in [0.25, 0.3) is 5.91 Å². The van der Waals surface area contributed by atoms with E-state index in [0.717, 1.165) is 5.56 Å². The van der Waals surface area contributed by atoms with Gasteiger partial charge in [0.2, 0.25) is 0 Å². The third-order valence-corrected chi connectivity index (χ3v) is 3.27. The number of nitrogens with one attached hydrogen (secondary N) is 1. The summed E-state index contributed by atoms with van der Waals surface area (Å²) < 4.78 is 0. The number of nitrogens with zero attached hydrogens (tertiary/aromatic N) is 1. The lowest BCUT2D eigenvalue weighted by atomic mass is 10.2. The molecule has 1 N–H and O–H groups in total. The van der Waals surface area contributed by atoms with E-state index in [9.17, 15) is 4.79 Å². The van der Waals surface area contributed by atoms with Crippen LogP contribution in [-0.4, -0.2) is 18.1 Å². The highest BCUT2D eigenvalue weighted by Crippen LogP contribution is 2.25. The predicted molar refractivity (Wildman–Crippen MR) is 68.5 cm³/mol. The van der Waals surface area contributed by atoms with Crippen molar-refractivity contribution in [3.8, 4) is 0 Å². The summed E-state index contributed by atoms with van der Waals surface area (Å²) in [6.07, 6.45) is 1.81. The van der Waals surface area contributed by atoms with E-state index in [0.29, 0.717) is 15.1 Å². The van der Waals surface area contributed by atoms with Crippen molar-refractivity contribution in [3.05, 3.63) is 39.8 Å². The number of carbonyl (C=O) groups is 1. The standard InChI is InChI=1S/C11H9ClN2OS/c1-13-11-14-10(15)9(16-11)6-7-2-4-8(12)5-3-7/h2-6H,1H3,(H,13,14,15)/b9-6-. The molecule has 0 aliphatic carbocycles. The van der Waals surface area contributed by atoms with Gasteiger partial charge in [-0.05, 0) is 35.5 Å². The van der Waals surface area contributed by atoms with Gasteiger partial charge in [-0.3, -0.25) is 9.79 Å². The highest BCUT2D eigenvalue weighted by Gasteiger charge is 2.22. The van der Waals surface area contributed by atoms with Crippen molar-refractivity contribution in [1.82, 2.24) is 5.32 Å². The van der Waals surface area contributed by atoms with Crippen LogP contribution in [0.15, 0.2) is 34.2 Å². The first kappa shape index (κ1) is 11.2. The molecule has 1 saturated heterocycles. The Kier molecular flexibility index (Phi) is 3.31. The molecule has 0 atom stereocenters. The molecule has 82 valence electrons. The molecule has 1 amide bonds. The van der Waals surface area contributed by atoms with Gasteiger partial charge in [-0.2, -0.15) is 0 Å². The van der Waals surface area contributed by atoms with E-state index in [-0.39, 0.29) is 5.91 Å². The van der Waals surface area contributed by atoms with Crippen molar-refractivity contribution in [2.75, 3.05) is 7.05 Å². The summed E-state index contributed by atoms with van der Waals surface area (Å²) in [7, 11) is 1.65. The Morgan fingerprint density at radius 3 is 2.62 bits per heavy atom. The lowest BCUT2D eigenvalue weighted by Gasteiger charge is -1.94. The van der Waals surface area contributed by atoms with Crippen LogP contribution < -0.4 is 5.32 Å². The maximum absolute atomic E-state index is 11.5. The first-order valence-corrected chi connectivity index (χ1v) is 5.82. The number of amides is 1. The molecule has 0 radical (unpaired) electrons. The molecular formula is C11H9ClN2OS. The maximum atomic E-state index is 11.5. The number of hydrogen-bond acceptors (Lipinski definition) is 3. The van der Waals surface area contributed by atoms with E-state index in [1.807, 2.05) is 18.2 Å². The van der Waals surface area contributed by atoms with Crippen LogP contribution in [0.2, 0.25) is 5.02 Å². The molecule has 3 nitrogen and oxygen atoms in total. The smallest absolute Gasteiger partial charge is 0.264 e. The van der Waals surface area contributed by atoms with Crippen LogP contribution in [0.1, 0.15) is 5.56 Å². The molecule has 0 bridgehead atoms. The lowest BCUT2D eigenvalue weighted by molar-refractivity contribution is -0.115. The lowest BCUT2D eigenvalue weighted by Crippen LogP contribution is -2.19. The predicted octanol–water partition coefficient (Wildman–Crippen LogP) is 2.53. The molecule has 1 heterocycles. The largest absolute Gasteiger partial charge is 0.301 e. The van der Waals surface area contributed by atoms with Crippen molar-refractivity contribution in [2.24, 2.45) is 4.99 Å². The Morgan fingerprint density at radius 2 is 2.06 bits per heavy atom. The second kappa shape index (κ2) is 4.72. The highest BCUT2D eigenvalue weighted by molar-refractivity contribution is 8.18. The minimum Gasteiger partial charge on any atom is -0.301 e. The quantitative estimate of drug-likeness (QED) is 0.781. The molecule has 16 heavy (non-hydrogen) atoms. The van der Waals surface area contributed by atoms with E-state index in [4.69, 9.17) is 11.6 Å². The Labute approximate surface area is 103 Å². The van der Waals surface area contributed by atoms with Crippen LogP contribution in [0.4, 0.5) is 0 Å². The second-order valence-corrected chi connectivity index (χ2v) is 4.61. The van der Waals surface area contributed by atoms with Gasteiger partial charge >= 0.3 is 0 Å². The van der Waals surface area contributed by atoms with Gasteiger partial charge in [0.1, 0.15) is 0 Å². The summed E-state index contributed by atoms with van der Waals surface area (Å²) in [5, 5.41) is 3.98. The first-order valence-electron chi connectivity index (χ1n) is 4.62. The van der Waals surface area contributed by atoms with Crippen molar-refractivity contribution in [2.45, 2.75) is 0 Å². The number of thioether (sulfide) groups is 1. The zero-order chi connectivity index (χ0) is 11.5. The number of benzene rings is 1. The molecule has 0 saturated carbocycles. The molecule has 0 aromatic heterocycles. The summed E-state index contributed by atoms with van der Waals surface area (Å²) in [5.41, 5.74) is 0.944. The third-order valence-electron chi connectivity index (χ3n) is 2.02. The van der Waals surface area contributed by atoms with Crippen LogP contribution >= 0.6 is 23.4 Å². The van der Waals surface area contributed by atoms with E-state index in [1.165, 1.54) is 11.8 Å². The van der Waals surface area contributed by atoms with Crippen LogP contribution in [0.3, 0.4) is 0 Å². The zero-order valence-electron chi connectivity index (χ0n) is 8.53. The summed E-state index contributed by atoms with van der Waals surface area (Å²) in [6, 6.07) is 7.31. The van der Waals surface area contributed by atoms with Gasteiger partial charge in [-0.15, -0.1) is 0 Å². The molecule has 1 aromatic rings. The van der Waals surface area contributed by atoms with Gasteiger partial charge in [0, 0.05) is 12.1 Å². The zero-order valence-corrected chi connectivity index (χ0v) is 10.1. The molecule has 1 aliphatic heterocycles. The van der Waals surface area contributed by atoms with Gasteiger partial charge in [0.15, 0.2) is 5.17 Å². The maximum Gasteiger partial charge on any atom is 0.264 e. The first-order chi connectivity index (χ1) is 7.69. The third kappa shape index (κ3) is 2.46. The Bertz CT molecular complexity index is 479. The summed E-state index contributed by atoms with van der Waals surface area (Å²) >= 11 is 7.11. The number of aliphatic imine (C=N–C) groups is 1. The van der Waals surface area contributed by atoms with E-state index in [2.05, 4.69) is 10.3 Å². The van der Waals surface area contributed by atoms with Crippen LogP contribution in [0.5, 0.6) is 0 Å². The normalized spacial score (nSPS) is 20.5. The topological polar surface area (TPSA) is 41.5 Å². The van der Waals surface area contributed by atoms with Crippen LogP contribution in [-0.2, 0) is 4.79 Å². The van der Waals surface area contributed by atoms with Crippen molar-refractivity contribution in [3.63, 3.8) is 0 Å². The van der Waals surface area contributed by atoms with Crippen LogP contribution in [0, 0.1) is 0 Å². The molecule has 1 fully saturated rings. The Hall–Kier alpha value is -1.26. The highest BCUT2D eigenvalue weighted by atomic mass is 35.5. The molecule has 1 aliphatic rings. The molecule has 2 rings (SSSR count). The van der Waals surface area contributed by atoms with E-state index >= 15 is 0 Å². The summed E-state index contributed by atoms with van der Waals surface area (Å²) in [6.45, 7) is 0. The Morgan fingerprint density at radius 1 is 1.38 bits per heavy atom. The van der Waals surface area contributed by atoms with Gasteiger partial charge in [-0.1, -0.05) is 23.7 Å². The number of carbonyl (C=O) groups excluding carboxylic acids is 1. The van der Waals surface area contributed by atoms with E-state index < -0.39 is 0 Å². The van der Waals surface area contributed by atoms with Crippen LogP contribution in [0.25, 0.3) is 6.08 Å². The van der Waals surface area contributed by atoms with Crippen molar-refractivity contribution in [1.29, 1.82) is 0 Å². The van der Waals surface area contributed by atoms with Gasteiger partial charge in [0.05, 0.1) is 4.91 Å². The molecule has 0 unspecified atom stereocenters. The monoisotopic (exact) mass is 252 g/mol. The second-order valence-electron chi connectivity index (χ2n) is 3.15. The molecule has 0 spiro atoms. The van der Waals surface area contributed by atoms with Gasteiger partial charge in [-0.25, -0.2) is 0 Å². The SMILES string of the molecule is CN=C1NC(=O)/C(=C/c2ccc(Cl)cc2)S1. The summed E-state index contributed by atoms with van der Waals surface area (Å²) in [4.78, 5) is 16.1. The number of hydrogen-bond donors (Lipinski definition) is 1. The number of rotatable bonds is 1. The fraction of sp³-hybridized carbons (Fsp3) is 0.0909. The Balaban J connectivity index is 2.25. The molecule has 5 heteroatoms. The average Bonchev–Trinajstić information content (AvgIpc) is 2.63. The molecular weight excluding hydrogens is 244 g/mol. The number of halogens is 1. The fourth-order valence-electron chi connectivity index (χ4n) is 1.24. The van der Waals surface area contributed by atoms with Gasteiger partial charge < -0.3 is 5.32 Å².